The third-order valence-electron chi connectivity index (χ3n) is 0.0962. The molecule has 6 heavy (non-hydrogen) atoms. The quantitative estimate of drug-likeness (QED) is 0.481. The van der Waals surface area contributed by atoms with Crippen molar-refractivity contribution in [3.63, 3.8) is 0 Å². The lowest BCUT2D eigenvalue weighted by Crippen LogP contribution is -1.44. The second-order valence-electron chi connectivity index (χ2n) is 0.372. The van der Waals surface area contributed by atoms with Gasteiger partial charge in [0.1, 0.15) is 6.29 Å². The molecule has 38 valence electrons. The molecule has 0 fully saturated rings. The second-order valence-corrected chi connectivity index (χ2v) is 0.372. The van der Waals surface area contributed by atoms with Crippen LogP contribution in [0.4, 0.5) is 0 Å². The summed E-state index contributed by atoms with van der Waals surface area (Å²) in [5.74, 6) is 0. The smallest absolute Gasteiger partial charge is 0.142 e. The first-order valence-electron chi connectivity index (χ1n) is 0.977. The molecule has 3 heteroatoms. The first-order chi connectivity index (χ1) is 1.91. The zero-order valence-corrected chi connectivity index (χ0v) is 6.51. The average molecular weight is 218 g/mol. The van der Waals surface area contributed by atoms with E-state index in [0.29, 0.717) is 6.29 Å². The molecule has 0 saturated carbocycles. The standard InChI is InChI=1S/C3H4O.2BrH/c1-2-3-4;;/h2-3H,1H2;2*1H. The van der Waals surface area contributed by atoms with Crippen molar-refractivity contribution in [3.05, 3.63) is 12.7 Å². The lowest BCUT2D eigenvalue weighted by molar-refractivity contribution is -0.104. The first-order valence-corrected chi connectivity index (χ1v) is 0.977. The Kier molecular flexibility index (Phi) is 49.2. The maximum atomic E-state index is 9.06. The van der Waals surface area contributed by atoms with Gasteiger partial charge in [0.05, 0.1) is 0 Å². The highest BCUT2D eigenvalue weighted by molar-refractivity contribution is 8.93. The number of allylic oxidation sites excluding steroid dienone is 1. The largest absolute Gasteiger partial charge is 0.299 e. The normalized spacial score (nSPS) is 3.33. The Morgan fingerprint density at radius 1 is 1.33 bits per heavy atom. The van der Waals surface area contributed by atoms with E-state index >= 15 is 0 Å². The Balaban J connectivity index is -0.0000000450. The highest BCUT2D eigenvalue weighted by atomic mass is 79.9. The molecule has 0 unspecified atom stereocenters. The molecule has 0 saturated heterocycles. The number of carbonyl (C=O) groups excluding carboxylic acids is 1. The maximum Gasteiger partial charge on any atom is 0.142 e. The van der Waals surface area contributed by atoms with Crippen molar-refractivity contribution < 1.29 is 4.79 Å². The molecule has 0 radical (unpaired) electrons. The van der Waals surface area contributed by atoms with Crippen LogP contribution < -0.4 is 0 Å². The number of rotatable bonds is 1. The Bertz CT molecular complexity index is 29.8. The molecule has 0 aliphatic heterocycles. The van der Waals surface area contributed by atoms with E-state index in [1.807, 2.05) is 0 Å². The number of aldehydes is 1. The molecule has 0 aliphatic carbocycles. The van der Waals surface area contributed by atoms with Gasteiger partial charge in [-0.25, -0.2) is 0 Å². The predicted molar refractivity (Wildman–Crippen MR) is 36.9 cm³/mol. The summed E-state index contributed by atoms with van der Waals surface area (Å²) in [5, 5.41) is 0. The minimum atomic E-state index is 0. The van der Waals surface area contributed by atoms with E-state index in [1.165, 1.54) is 6.08 Å². The van der Waals surface area contributed by atoms with Gasteiger partial charge in [-0.15, -0.1) is 34.0 Å². The molecule has 0 amide bonds. The van der Waals surface area contributed by atoms with Gasteiger partial charge >= 0.3 is 0 Å². The van der Waals surface area contributed by atoms with Crippen LogP contribution in [0.2, 0.25) is 0 Å². The van der Waals surface area contributed by atoms with Gasteiger partial charge in [0.2, 0.25) is 0 Å². The zero-order chi connectivity index (χ0) is 3.41. The molecule has 0 aliphatic rings. The fourth-order valence-corrected chi connectivity index (χ4v) is 0. The van der Waals surface area contributed by atoms with Crippen LogP contribution in [0.25, 0.3) is 0 Å². The summed E-state index contributed by atoms with van der Waals surface area (Å²) < 4.78 is 0. The Morgan fingerprint density at radius 2 is 1.50 bits per heavy atom. The van der Waals surface area contributed by atoms with Crippen LogP contribution in [0.1, 0.15) is 0 Å². The molecule has 0 spiro atoms. The molecule has 0 aromatic carbocycles. The summed E-state index contributed by atoms with van der Waals surface area (Å²) in [4.78, 5) is 9.06. The van der Waals surface area contributed by atoms with E-state index < -0.39 is 0 Å². The molecular formula is C3H6Br2O. The summed E-state index contributed by atoms with van der Waals surface area (Å²) in [7, 11) is 0. The zero-order valence-electron chi connectivity index (χ0n) is 3.09. The van der Waals surface area contributed by atoms with Crippen molar-refractivity contribution in [2.24, 2.45) is 0 Å². The van der Waals surface area contributed by atoms with Gasteiger partial charge in [-0.2, -0.15) is 0 Å². The van der Waals surface area contributed by atoms with Crippen molar-refractivity contribution in [2.45, 2.75) is 0 Å². The van der Waals surface area contributed by atoms with Gasteiger partial charge < -0.3 is 0 Å². The SMILES string of the molecule is Br.Br.C=CC=O. The van der Waals surface area contributed by atoms with Crippen molar-refractivity contribution in [1.82, 2.24) is 0 Å². The monoisotopic (exact) mass is 216 g/mol. The Morgan fingerprint density at radius 3 is 1.50 bits per heavy atom. The Hall–Kier alpha value is 0.370. The molecule has 0 N–H and O–H groups in total. The lowest BCUT2D eigenvalue weighted by Gasteiger charge is -1.37. The van der Waals surface area contributed by atoms with Crippen LogP contribution in [-0.2, 0) is 4.79 Å². The van der Waals surface area contributed by atoms with E-state index in [1.54, 1.807) is 0 Å². The van der Waals surface area contributed by atoms with E-state index in [2.05, 4.69) is 6.58 Å². The predicted octanol–water partition coefficient (Wildman–Crippen LogP) is 1.53. The van der Waals surface area contributed by atoms with E-state index in [-0.39, 0.29) is 34.0 Å². The number of halogens is 2. The van der Waals surface area contributed by atoms with Gasteiger partial charge in [-0.3, -0.25) is 4.79 Å². The summed E-state index contributed by atoms with van der Waals surface area (Å²) in [6.45, 7) is 3.11. The van der Waals surface area contributed by atoms with Crippen LogP contribution in [0.15, 0.2) is 12.7 Å². The molecular weight excluding hydrogens is 212 g/mol. The molecule has 0 atom stereocenters. The molecule has 1 nitrogen and oxygen atoms in total. The fraction of sp³-hybridized carbons (Fsp3) is 0. The summed E-state index contributed by atoms with van der Waals surface area (Å²) in [6.07, 6.45) is 1.83. The summed E-state index contributed by atoms with van der Waals surface area (Å²) in [6, 6.07) is 0. The van der Waals surface area contributed by atoms with Crippen LogP contribution in [0.5, 0.6) is 0 Å². The van der Waals surface area contributed by atoms with Gasteiger partial charge in [0.15, 0.2) is 0 Å². The Labute approximate surface area is 58.0 Å². The van der Waals surface area contributed by atoms with E-state index in [0.717, 1.165) is 0 Å². The molecule has 0 bridgehead atoms. The van der Waals surface area contributed by atoms with Crippen molar-refractivity contribution in [2.75, 3.05) is 0 Å². The summed E-state index contributed by atoms with van der Waals surface area (Å²) >= 11 is 0. The van der Waals surface area contributed by atoms with Gasteiger partial charge in [-0.1, -0.05) is 6.58 Å². The summed E-state index contributed by atoms with van der Waals surface area (Å²) in [5.41, 5.74) is 0. The van der Waals surface area contributed by atoms with E-state index in [9.17, 15) is 0 Å². The minimum Gasteiger partial charge on any atom is -0.299 e. The number of carbonyl (C=O) groups is 1. The first kappa shape index (κ1) is 16.2. The second kappa shape index (κ2) is 18.3. The van der Waals surface area contributed by atoms with Crippen molar-refractivity contribution in [3.8, 4) is 0 Å². The molecule has 0 aromatic rings. The van der Waals surface area contributed by atoms with Gasteiger partial charge in [0.25, 0.3) is 0 Å². The highest BCUT2D eigenvalue weighted by Crippen LogP contribution is 1.35. The maximum absolute atomic E-state index is 9.06. The topological polar surface area (TPSA) is 17.1 Å². The van der Waals surface area contributed by atoms with Crippen LogP contribution >= 0.6 is 34.0 Å². The lowest BCUT2D eigenvalue weighted by atomic mass is 10.8. The van der Waals surface area contributed by atoms with Crippen LogP contribution in [0, 0.1) is 0 Å². The van der Waals surface area contributed by atoms with Gasteiger partial charge in [-0.05, 0) is 6.08 Å². The van der Waals surface area contributed by atoms with E-state index in [4.69, 9.17) is 4.79 Å². The number of hydrogen-bond donors (Lipinski definition) is 0. The molecule has 0 heterocycles. The average Bonchev–Trinajstić information content (AvgIpc) is 1.37. The van der Waals surface area contributed by atoms with Crippen LogP contribution in [-0.4, -0.2) is 6.29 Å². The molecule has 0 rings (SSSR count). The minimum absolute atomic E-state index is 0. The van der Waals surface area contributed by atoms with Crippen molar-refractivity contribution >= 4 is 40.2 Å². The van der Waals surface area contributed by atoms with Gasteiger partial charge in [0, 0.05) is 0 Å². The van der Waals surface area contributed by atoms with Crippen LogP contribution in [0.3, 0.4) is 0 Å². The molecule has 0 aromatic heterocycles. The fourth-order valence-electron chi connectivity index (χ4n) is 0. The highest BCUT2D eigenvalue weighted by Gasteiger charge is 1.38. The number of hydrogen-bond acceptors (Lipinski definition) is 1. The third-order valence-corrected chi connectivity index (χ3v) is 0.0962. The third kappa shape index (κ3) is 26.4. The van der Waals surface area contributed by atoms with Crippen molar-refractivity contribution in [1.29, 1.82) is 0 Å².